The second-order valence-electron chi connectivity index (χ2n) is 3.56. The van der Waals surface area contributed by atoms with Crippen LogP contribution in [0.15, 0.2) is 11.3 Å². The first-order valence-electron chi connectivity index (χ1n) is 4.77. The van der Waals surface area contributed by atoms with Crippen molar-refractivity contribution in [3.05, 3.63) is 11.3 Å². The van der Waals surface area contributed by atoms with Crippen molar-refractivity contribution in [3.8, 4) is 0 Å². The molecule has 0 saturated carbocycles. The Balaban J connectivity index is 2.29. The van der Waals surface area contributed by atoms with Gasteiger partial charge in [0.05, 0.1) is 0 Å². The van der Waals surface area contributed by atoms with Crippen molar-refractivity contribution in [1.82, 2.24) is 10.2 Å². The van der Waals surface area contributed by atoms with Crippen LogP contribution in [0.5, 0.6) is 0 Å². The van der Waals surface area contributed by atoms with E-state index in [1.807, 2.05) is 0 Å². The highest BCUT2D eigenvalue weighted by Crippen LogP contribution is 2.40. The quantitative estimate of drug-likeness (QED) is 0.424. The Morgan fingerprint density at radius 2 is 2.41 bits per heavy atom. The number of rotatable bonds is 4. The molecule has 92 valence electrons. The van der Waals surface area contributed by atoms with E-state index in [2.05, 4.69) is 21.2 Å². The summed E-state index contributed by atoms with van der Waals surface area (Å²) in [7, 11) is 0. The lowest BCUT2D eigenvalue weighted by molar-refractivity contribution is -0.149. The molecule has 0 bridgehead atoms. The second kappa shape index (κ2) is 4.69. The molecular formula is C9H9BrN2O4S. The van der Waals surface area contributed by atoms with Crippen LogP contribution in [-0.4, -0.2) is 50.8 Å². The fourth-order valence-electron chi connectivity index (χ4n) is 1.88. The van der Waals surface area contributed by atoms with Gasteiger partial charge in [-0.25, -0.2) is 4.79 Å². The predicted octanol–water partition coefficient (Wildman–Crippen LogP) is -0.250. The van der Waals surface area contributed by atoms with Gasteiger partial charge >= 0.3 is 5.97 Å². The van der Waals surface area contributed by atoms with Gasteiger partial charge < -0.3 is 10.4 Å². The Morgan fingerprint density at radius 3 is 2.94 bits per heavy atom. The van der Waals surface area contributed by atoms with Crippen molar-refractivity contribution in [3.63, 3.8) is 0 Å². The molecule has 0 aromatic heterocycles. The van der Waals surface area contributed by atoms with Crippen LogP contribution in [0.25, 0.3) is 0 Å². The molecule has 2 amide bonds. The summed E-state index contributed by atoms with van der Waals surface area (Å²) in [6, 6.07) is -0.608. The number of amides is 2. The van der Waals surface area contributed by atoms with Crippen LogP contribution in [0.1, 0.15) is 0 Å². The number of carbonyl (C=O) groups excluding carboxylic acids is 2. The molecule has 1 fully saturated rings. The van der Waals surface area contributed by atoms with Crippen LogP contribution in [0.3, 0.4) is 0 Å². The largest absolute Gasteiger partial charge is 0.477 e. The van der Waals surface area contributed by atoms with E-state index in [9.17, 15) is 14.4 Å². The van der Waals surface area contributed by atoms with E-state index in [0.717, 1.165) is 0 Å². The molecule has 1 unspecified atom stereocenters. The minimum atomic E-state index is -1.11. The third-order valence-corrected chi connectivity index (χ3v) is 4.68. The van der Waals surface area contributed by atoms with Crippen molar-refractivity contribution < 1.29 is 19.5 Å². The molecule has 0 aliphatic carbocycles. The van der Waals surface area contributed by atoms with Gasteiger partial charge in [-0.05, 0) is 5.57 Å². The van der Waals surface area contributed by atoms with Gasteiger partial charge in [-0.15, -0.1) is 11.8 Å². The Labute approximate surface area is 110 Å². The van der Waals surface area contributed by atoms with E-state index in [0.29, 0.717) is 23.1 Å². The summed E-state index contributed by atoms with van der Waals surface area (Å²) in [5.41, 5.74) is 0.719. The maximum Gasteiger partial charge on any atom is 0.352 e. The number of alkyl halides is 1. The number of halogens is 1. The van der Waals surface area contributed by atoms with Gasteiger partial charge in [0.15, 0.2) is 0 Å². The number of hydrogen-bond donors (Lipinski definition) is 2. The zero-order chi connectivity index (χ0) is 12.6. The molecule has 0 aromatic rings. The Morgan fingerprint density at radius 1 is 1.71 bits per heavy atom. The SMILES string of the molecule is O=CNC1C(=O)N2C(C(=O)O)=C(CBr)CS[C@H]12. The van der Waals surface area contributed by atoms with Crippen molar-refractivity contribution in [2.45, 2.75) is 11.4 Å². The maximum atomic E-state index is 11.7. The van der Waals surface area contributed by atoms with Crippen LogP contribution in [-0.2, 0) is 14.4 Å². The highest BCUT2D eigenvalue weighted by Gasteiger charge is 2.53. The third-order valence-electron chi connectivity index (χ3n) is 2.66. The first kappa shape index (κ1) is 12.4. The lowest BCUT2D eigenvalue weighted by atomic mass is 10.0. The molecule has 6 nitrogen and oxygen atoms in total. The normalized spacial score (nSPS) is 27.4. The predicted molar refractivity (Wildman–Crippen MR) is 64.5 cm³/mol. The van der Waals surface area contributed by atoms with E-state index in [1.165, 1.54) is 16.7 Å². The van der Waals surface area contributed by atoms with Gasteiger partial charge in [0.25, 0.3) is 5.91 Å². The molecule has 0 spiro atoms. The minimum absolute atomic E-state index is 0.0413. The summed E-state index contributed by atoms with van der Waals surface area (Å²) in [6.07, 6.45) is 0.463. The highest BCUT2D eigenvalue weighted by molar-refractivity contribution is 9.09. The number of carboxylic acid groups (broad SMARTS) is 1. The summed E-state index contributed by atoms with van der Waals surface area (Å²) in [4.78, 5) is 34.5. The highest BCUT2D eigenvalue weighted by atomic mass is 79.9. The number of fused-ring (bicyclic) bond motifs is 1. The number of aliphatic carboxylic acids is 1. The van der Waals surface area contributed by atoms with Gasteiger partial charge in [0.2, 0.25) is 6.41 Å². The summed E-state index contributed by atoms with van der Waals surface area (Å²) in [6.45, 7) is 0. The number of nitrogens with zero attached hydrogens (tertiary/aromatic N) is 1. The smallest absolute Gasteiger partial charge is 0.352 e. The Hall–Kier alpha value is -1.02. The van der Waals surface area contributed by atoms with Gasteiger partial charge in [-0.1, -0.05) is 15.9 Å². The molecule has 2 aliphatic heterocycles. The molecule has 0 aromatic carbocycles. The molecule has 2 atom stereocenters. The lowest BCUT2D eigenvalue weighted by Crippen LogP contribution is -2.69. The summed E-state index contributed by atoms with van der Waals surface area (Å²) >= 11 is 4.66. The monoisotopic (exact) mass is 320 g/mol. The van der Waals surface area contributed by atoms with Crippen LogP contribution in [0.2, 0.25) is 0 Å². The number of hydrogen-bond acceptors (Lipinski definition) is 4. The zero-order valence-corrected chi connectivity index (χ0v) is 11.0. The molecular weight excluding hydrogens is 312 g/mol. The van der Waals surface area contributed by atoms with Crippen LogP contribution in [0.4, 0.5) is 0 Å². The average molecular weight is 321 g/mol. The van der Waals surface area contributed by atoms with E-state index >= 15 is 0 Å². The average Bonchev–Trinajstić information content (AvgIpc) is 2.33. The maximum absolute atomic E-state index is 11.7. The zero-order valence-electron chi connectivity index (χ0n) is 8.55. The number of thioether (sulfide) groups is 1. The molecule has 2 heterocycles. The molecule has 1 saturated heterocycles. The van der Waals surface area contributed by atoms with Gasteiger partial charge in [-0.2, -0.15) is 0 Å². The molecule has 17 heavy (non-hydrogen) atoms. The summed E-state index contributed by atoms with van der Waals surface area (Å²) in [5, 5.41) is 11.6. The molecule has 0 radical (unpaired) electrons. The number of carboxylic acids is 1. The topological polar surface area (TPSA) is 86.7 Å². The number of nitrogens with one attached hydrogen (secondary N) is 1. The van der Waals surface area contributed by atoms with E-state index in [-0.39, 0.29) is 17.0 Å². The van der Waals surface area contributed by atoms with Gasteiger partial charge in [0, 0.05) is 11.1 Å². The summed E-state index contributed by atoms with van der Waals surface area (Å²) < 4.78 is 0. The Bertz CT molecular complexity index is 425. The molecule has 8 heteroatoms. The fourth-order valence-corrected chi connectivity index (χ4v) is 3.96. The fraction of sp³-hybridized carbons (Fsp3) is 0.444. The third kappa shape index (κ3) is 1.85. The Kier molecular flexibility index (Phi) is 3.43. The van der Waals surface area contributed by atoms with E-state index in [4.69, 9.17) is 5.11 Å². The minimum Gasteiger partial charge on any atom is -0.477 e. The molecule has 2 N–H and O–H groups in total. The van der Waals surface area contributed by atoms with E-state index in [1.54, 1.807) is 0 Å². The van der Waals surface area contributed by atoms with Crippen LogP contribution < -0.4 is 5.32 Å². The van der Waals surface area contributed by atoms with Crippen molar-refractivity contribution >= 4 is 46.0 Å². The van der Waals surface area contributed by atoms with Gasteiger partial charge in [0.1, 0.15) is 17.1 Å². The molecule has 2 aliphatic rings. The first-order chi connectivity index (χ1) is 8.11. The lowest BCUT2D eigenvalue weighted by Gasteiger charge is -2.49. The molecule has 2 rings (SSSR count). The standard InChI is InChI=1S/C9H9BrN2O4S/c10-1-4-2-17-8-5(11-3-13)7(14)12(8)6(4)9(15)16/h3,5,8H,1-2H2,(H,11,13)(H,15,16)/t5?,8-/m1/s1. The second-order valence-corrected chi connectivity index (χ2v) is 5.23. The van der Waals surface area contributed by atoms with Crippen LogP contribution >= 0.6 is 27.7 Å². The van der Waals surface area contributed by atoms with Crippen molar-refractivity contribution in [2.24, 2.45) is 0 Å². The van der Waals surface area contributed by atoms with Crippen molar-refractivity contribution in [1.29, 1.82) is 0 Å². The van der Waals surface area contributed by atoms with Crippen molar-refractivity contribution in [2.75, 3.05) is 11.1 Å². The summed E-state index contributed by atoms with van der Waals surface area (Å²) in [5.74, 6) is -0.939. The first-order valence-corrected chi connectivity index (χ1v) is 6.94. The van der Waals surface area contributed by atoms with Gasteiger partial charge in [-0.3, -0.25) is 14.5 Å². The van der Waals surface area contributed by atoms with E-state index < -0.39 is 12.0 Å². The van der Waals surface area contributed by atoms with Crippen LogP contribution in [0, 0.1) is 0 Å². The number of carbonyl (C=O) groups is 3. The number of β-lactam (4-membered cyclic amide) rings is 1.